The van der Waals surface area contributed by atoms with Gasteiger partial charge in [-0.25, -0.2) is 0 Å². The Morgan fingerprint density at radius 3 is 0.705 bits per heavy atom. The average Bonchev–Trinajstić information content (AvgIpc) is 1.39. The van der Waals surface area contributed by atoms with Crippen LogP contribution in [-0.2, 0) is 53.8 Å². The molecule has 0 radical (unpaired) electrons. The molecule has 0 aliphatic heterocycles. The van der Waals surface area contributed by atoms with Crippen LogP contribution in [0.4, 0.5) is 0 Å². The van der Waals surface area contributed by atoms with E-state index in [4.69, 9.17) is 0 Å². The zero-order valence-corrected chi connectivity index (χ0v) is 67.0. The predicted molar refractivity (Wildman–Crippen MR) is 410 cm³/mol. The summed E-state index contributed by atoms with van der Waals surface area (Å²) in [4.78, 5) is 12.3. The zero-order valence-electron chi connectivity index (χ0n) is 57.5. The van der Waals surface area contributed by atoms with Crippen LogP contribution in [0.1, 0.15) is 73.0 Å². The third kappa shape index (κ3) is 27.0. The molecule has 0 amide bonds. The van der Waals surface area contributed by atoms with E-state index in [1.165, 1.54) is 21.7 Å². The Bertz CT molecular complexity index is 3750. The molecule has 0 saturated heterocycles. The van der Waals surface area contributed by atoms with Gasteiger partial charge < -0.3 is 20.1 Å². The Morgan fingerprint density at radius 1 is 0.326 bits per heavy atom. The van der Waals surface area contributed by atoms with Crippen molar-refractivity contribution in [2.75, 3.05) is 26.7 Å². The number of hydrogen-bond donors (Lipinski definition) is 1. The molecule has 12 aromatic rings. The van der Waals surface area contributed by atoms with Crippen molar-refractivity contribution in [1.29, 1.82) is 0 Å². The number of aromatic hydroxyl groups is 1. The summed E-state index contributed by atoms with van der Waals surface area (Å²) in [6, 6.07) is 94.4. The summed E-state index contributed by atoms with van der Waals surface area (Å²) in [6.07, 6.45) is 0. The van der Waals surface area contributed by atoms with Crippen LogP contribution in [0.3, 0.4) is 0 Å². The molecular weight excluding hydrogens is 1610 g/mol. The van der Waals surface area contributed by atoms with E-state index in [-0.39, 0.29) is 32.4 Å². The Labute approximate surface area is 594 Å². The number of nitrogens with zero attached hydrogens (tertiary/aromatic N) is 3. The molecule has 3 aromatic heterocycles. The maximum absolute atomic E-state index is 11.9. The van der Waals surface area contributed by atoms with Crippen molar-refractivity contribution in [3.63, 3.8) is 0 Å². The molecule has 1 N–H and O–H groups in total. The van der Waals surface area contributed by atoms with Gasteiger partial charge in [-0.3, -0.25) is 0 Å². The molecule has 6 nitrogen and oxygen atoms in total. The topological polar surface area (TPSA) is 96.7 Å². The fourth-order valence-corrected chi connectivity index (χ4v) is 14.9. The van der Waals surface area contributed by atoms with Gasteiger partial charge in [-0.05, 0) is 62.4 Å². The number of halogens is 1. The summed E-state index contributed by atoms with van der Waals surface area (Å²) in [5.74, 6) is 0.281. The fraction of sp³-hybridized carbons (Fsp3) is 0.190. The molecule has 11 heteroatoms. The average molecular weight is 1700 g/mol. The summed E-state index contributed by atoms with van der Waals surface area (Å²) in [5.41, 5.74) is 16.7. The van der Waals surface area contributed by atoms with Gasteiger partial charge in [0.15, 0.2) is 0 Å². The molecule has 0 aliphatic rings. The maximum Gasteiger partial charge on any atom is 0.132 e. The van der Waals surface area contributed by atoms with Crippen LogP contribution in [-0.4, -0.2) is 40.6 Å². The Hall–Kier alpha value is -7.32. The molecule has 0 bridgehead atoms. The first-order valence-corrected chi connectivity index (χ1v) is 43.2. The molecule has 0 fully saturated rings. The summed E-state index contributed by atoms with van der Waals surface area (Å²) in [6.45, 7) is 29.6. The second kappa shape index (κ2) is 41.6. The van der Waals surface area contributed by atoms with Crippen LogP contribution in [0.15, 0.2) is 284 Å². The first-order chi connectivity index (χ1) is 45.6. The zero-order chi connectivity index (χ0) is 69.2. The number of benzene rings is 9. The standard InChI is InChI=1S/C30H21BrO.2C10H12.2C8H11P.3C6H8N.2O.2W/c31-29-25(21-13-5-1-6-14-21)27(23-17-9-3-10-18-23)30(32)28(24-19-11-4-12-20-24)26(29)22-15-7-2-8-16-22;2*1-10(2,3)9-7-5-4-6-8-9;2*1-9(2)8-6-4-3-5-7-8;3*1-5-3-4-6(2)7-5;;;;/h1-20,32H;2*1,4-8H,2-3H3;2*3-7H,1-2H3;3*3-4H,1-2H3;;;;/q;;;;;3*-1;;;;/p+2. The van der Waals surface area contributed by atoms with Crippen molar-refractivity contribution < 1.29 is 48.0 Å². The smallest absolute Gasteiger partial charge is 0.132 e. The van der Waals surface area contributed by atoms with Crippen molar-refractivity contribution in [3.8, 4) is 50.3 Å². The predicted octanol–water partition coefficient (Wildman–Crippen LogP) is 20.6. The molecule has 0 atom stereocenters. The Morgan fingerprint density at radius 2 is 0.526 bits per heavy atom. The Balaban J connectivity index is 0.000000216. The van der Waals surface area contributed by atoms with Gasteiger partial charge in [0.05, 0.1) is 37.3 Å². The molecule has 12 rings (SSSR count). The van der Waals surface area contributed by atoms with Crippen LogP contribution in [0.2, 0.25) is 0 Å². The third-order valence-corrected chi connectivity index (χ3v) is 23.5. The van der Waals surface area contributed by atoms with Crippen LogP contribution >= 0.6 is 31.8 Å². The van der Waals surface area contributed by atoms with E-state index in [1.54, 1.807) is 0 Å². The number of aromatic nitrogens is 3. The van der Waals surface area contributed by atoms with E-state index in [0.717, 1.165) is 83.1 Å². The van der Waals surface area contributed by atoms with Gasteiger partial charge in [0.1, 0.15) is 5.75 Å². The van der Waals surface area contributed by atoms with Gasteiger partial charge in [0, 0.05) is 42.6 Å². The summed E-state index contributed by atoms with van der Waals surface area (Å²) in [5, 5.41) is 14.9. The largest absolute Gasteiger partial charge is 0.665 e. The maximum atomic E-state index is 11.9. The summed E-state index contributed by atoms with van der Waals surface area (Å²) in [7, 11) is -0.424. The van der Waals surface area contributed by atoms with Crippen LogP contribution in [0.25, 0.3) is 44.5 Å². The first-order valence-electron chi connectivity index (χ1n) is 31.7. The molecule has 0 unspecified atom stereocenters. The van der Waals surface area contributed by atoms with Crippen LogP contribution < -0.4 is 25.6 Å². The molecule has 492 valence electrons. The van der Waals surface area contributed by atoms with Gasteiger partial charge in [0.25, 0.3) is 0 Å². The number of rotatable bonds is 10. The van der Waals surface area contributed by atoms with E-state index in [1.807, 2.05) is 220 Å². The number of phenolic OH excluding ortho intramolecular Hbond substituents is 1. The van der Waals surface area contributed by atoms with E-state index in [2.05, 4.69) is 194 Å². The van der Waals surface area contributed by atoms with Gasteiger partial charge >= 0.3 is 162 Å². The third-order valence-electron chi connectivity index (χ3n) is 14.8. The minimum absolute atomic E-state index is 0.0202. The van der Waals surface area contributed by atoms with Crippen LogP contribution in [0.5, 0.6) is 5.75 Å². The first kappa shape index (κ1) is 78.4. The molecule has 0 saturated carbocycles. The summed E-state index contributed by atoms with van der Waals surface area (Å²) < 4.78 is 26.1. The van der Waals surface area contributed by atoms with Crippen molar-refractivity contribution >= 4 is 51.2 Å². The van der Waals surface area contributed by atoms with Crippen LogP contribution in [0, 0.1) is 41.5 Å². The quantitative estimate of drug-likeness (QED) is 0.137. The van der Waals surface area contributed by atoms with Gasteiger partial charge in [-0.15, -0.1) is 0 Å². The molecular formula is C84H93BrN3O3P2W2-. The molecule has 95 heavy (non-hydrogen) atoms. The number of phenols is 1. The molecule has 3 heterocycles. The fourth-order valence-electron chi connectivity index (χ4n) is 9.67. The molecule has 9 aromatic carbocycles. The van der Waals surface area contributed by atoms with Crippen molar-refractivity contribution in [2.45, 2.75) is 80.1 Å². The van der Waals surface area contributed by atoms with Crippen molar-refractivity contribution in [3.05, 3.63) is 329 Å². The normalized spacial score (nSPS) is 10.4. The second-order valence-electron chi connectivity index (χ2n) is 24.1. The van der Waals surface area contributed by atoms with Gasteiger partial charge in [-0.2, -0.15) is 34.2 Å². The van der Waals surface area contributed by atoms with E-state index in [9.17, 15) is 11.9 Å². The summed E-state index contributed by atoms with van der Waals surface area (Å²) >= 11 is 1.12. The van der Waals surface area contributed by atoms with E-state index < -0.39 is 36.1 Å². The van der Waals surface area contributed by atoms with Gasteiger partial charge in [0.2, 0.25) is 0 Å². The monoisotopic (exact) mass is 1700 g/mol. The number of hydrogen-bond acceptors (Lipinski definition) is 3. The van der Waals surface area contributed by atoms with Crippen molar-refractivity contribution in [1.82, 2.24) is 15.0 Å². The minimum Gasteiger partial charge on any atom is -0.665 e. The molecule has 0 aliphatic carbocycles. The van der Waals surface area contributed by atoms with E-state index in [0.29, 0.717) is 0 Å². The van der Waals surface area contributed by atoms with E-state index >= 15 is 0 Å². The minimum atomic E-state index is -1.43. The Kier molecular flexibility index (Phi) is 34.3. The SMILES string of the molecule is CC(C)([CH]=[W]=[O])c1ccccc1.CC(C)([CH]=[W]=[O])c1ccccc1.C[PH+](C)c1ccccc1.C[PH+](C)c1ccccc1.Cc1ccc(C)[n-]1.Cc1ccc(C)[n-]1.Cc1ccc(C)[n-]1.Oc1c(-c2ccccc2)c(-c2ccccc2)c(Br)c(-c2ccccc2)c1-c1ccccc1. The number of aryl methyl sites for hydroxylation is 6. The molecule has 0 spiro atoms. The van der Waals surface area contributed by atoms with Gasteiger partial charge in [-0.1, -0.05) is 236 Å². The second-order valence-corrected chi connectivity index (χ2v) is 33.2. The van der Waals surface area contributed by atoms with Crippen molar-refractivity contribution in [2.24, 2.45) is 0 Å².